The summed E-state index contributed by atoms with van der Waals surface area (Å²) < 4.78 is 4.79. The van der Waals surface area contributed by atoms with Crippen molar-refractivity contribution in [1.29, 1.82) is 0 Å². The third-order valence-corrected chi connectivity index (χ3v) is 2.66. The minimum Gasteiger partial charge on any atom is -0.466 e. The van der Waals surface area contributed by atoms with Gasteiger partial charge in [0.15, 0.2) is 0 Å². The molecule has 0 saturated heterocycles. The van der Waals surface area contributed by atoms with Crippen LogP contribution in [-0.4, -0.2) is 13.1 Å². The highest BCUT2D eigenvalue weighted by molar-refractivity contribution is 5.90. The number of hydrogen-bond acceptors (Lipinski definition) is 2. The van der Waals surface area contributed by atoms with Crippen molar-refractivity contribution in [3.63, 3.8) is 0 Å². The van der Waals surface area contributed by atoms with Crippen molar-refractivity contribution in [3.8, 4) is 0 Å². The molecule has 0 bridgehead atoms. The summed E-state index contributed by atoms with van der Waals surface area (Å²) in [6.07, 6.45) is 5.25. The molecule has 78 valence electrons. The lowest BCUT2D eigenvalue weighted by atomic mass is 9.98. The van der Waals surface area contributed by atoms with Gasteiger partial charge in [-0.3, -0.25) is 0 Å². The van der Waals surface area contributed by atoms with Gasteiger partial charge in [-0.1, -0.05) is 18.6 Å². The van der Waals surface area contributed by atoms with Gasteiger partial charge in [-0.25, -0.2) is 4.79 Å². The van der Waals surface area contributed by atoms with Crippen LogP contribution >= 0.6 is 0 Å². The highest BCUT2D eigenvalue weighted by Gasteiger charge is 2.18. The number of carbonyl (C=O) groups is 1. The summed E-state index contributed by atoms with van der Waals surface area (Å²) in [4.78, 5) is 11.5. The molecule has 0 aromatic heterocycles. The predicted octanol–water partition coefficient (Wildman–Crippen LogP) is 3.00. The molecule has 0 atom stereocenters. The van der Waals surface area contributed by atoms with E-state index in [0.717, 1.165) is 42.4 Å². The second-order valence-electron chi connectivity index (χ2n) is 3.79. The van der Waals surface area contributed by atoms with E-state index in [1.54, 1.807) is 0 Å². The molecule has 0 unspecified atom stereocenters. The quantitative estimate of drug-likeness (QED) is 0.632. The van der Waals surface area contributed by atoms with E-state index in [1.807, 2.05) is 6.92 Å². The van der Waals surface area contributed by atoms with Crippen LogP contribution in [0, 0.1) is 0 Å². The Morgan fingerprint density at radius 3 is 2.29 bits per heavy atom. The standard InChI is InChI=1S/C12H18O2/c1-9(2)10-7-5-4-6-8-11(10)12(13)14-3/h1,4-8H2,2-3H3. The van der Waals surface area contributed by atoms with Crippen LogP contribution in [0.2, 0.25) is 0 Å². The summed E-state index contributed by atoms with van der Waals surface area (Å²) in [7, 11) is 1.44. The summed E-state index contributed by atoms with van der Waals surface area (Å²) in [5.74, 6) is -0.176. The number of methoxy groups -OCH3 is 1. The SMILES string of the molecule is C=C(C)C1=C(C(=O)OC)CCCCC1. The average Bonchev–Trinajstić information content (AvgIpc) is 2.41. The topological polar surface area (TPSA) is 26.3 Å². The van der Waals surface area contributed by atoms with Gasteiger partial charge in [-0.15, -0.1) is 0 Å². The molecule has 0 aromatic carbocycles. The van der Waals surface area contributed by atoms with Crippen molar-refractivity contribution < 1.29 is 9.53 Å². The summed E-state index contributed by atoms with van der Waals surface area (Å²) in [6.45, 7) is 5.88. The Morgan fingerprint density at radius 1 is 1.21 bits per heavy atom. The lowest BCUT2D eigenvalue weighted by molar-refractivity contribution is -0.136. The zero-order valence-corrected chi connectivity index (χ0v) is 9.06. The minimum absolute atomic E-state index is 0.176. The van der Waals surface area contributed by atoms with Gasteiger partial charge in [0.05, 0.1) is 7.11 Å². The monoisotopic (exact) mass is 194 g/mol. The Hall–Kier alpha value is -1.05. The van der Waals surface area contributed by atoms with Crippen molar-refractivity contribution in [3.05, 3.63) is 23.3 Å². The molecular weight excluding hydrogens is 176 g/mol. The van der Waals surface area contributed by atoms with Crippen molar-refractivity contribution in [2.75, 3.05) is 7.11 Å². The first-order chi connectivity index (χ1) is 6.66. The number of ether oxygens (including phenoxy) is 1. The van der Waals surface area contributed by atoms with Crippen LogP contribution in [0.4, 0.5) is 0 Å². The van der Waals surface area contributed by atoms with Crippen molar-refractivity contribution in [2.24, 2.45) is 0 Å². The van der Waals surface area contributed by atoms with Gasteiger partial charge in [0.25, 0.3) is 0 Å². The summed E-state index contributed by atoms with van der Waals surface area (Å²) >= 11 is 0. The Morgan fingerprint density at radius 2 is 1.79 bits per heavy atom. The van der Waals surface area contributed by atoms with E-state index in [4.69, 9.17) is 4.74 Å². The first-order valence-corrected chi connectivity index (χ1v) is 5.13. The normalized spacial score (nSPS) is 17.6. The Labute approximate surface area is 85.6 Å². The van der Waals surface area contributed by atoms with Crippen LogP contribution in [0.15, 0.2) is 23.3 Å². The maximum atomic E-state index is 11.5. The largest absolute Gasteiger partial charge is 0.466 e. The fourth-order valence-electron chi connectivity index (χ4n) is 1.90. The molecule has 0 spiro atoms. The van der Waals surface area contributed by atoms with Gasteiger partial charge >= 0.3 is 5.97 Å². The highest BCUT2D eigenvalue weighted by Crippen LogP contribution is 2.28. The zero-order valence-electron chi connectivity index (χ0n) is 9.06. The lowest BCUT2D eigenvalue weighted by Gasteiger charge is -2.10. The summed E-state index contributed by atoms with van der Waals surface area (Å²) in [5.41, 5.74) is 2.97. The van der Waals surface area contributed by atoms with E-state index in [9.17, 15) is 4.79 Å². The Kier molecular flexibility index (Phi) is 3.93. The van der Waals surface area contributed by atoms with Crippen molar-refractivity contribution in [1.82, 2.24) is 0 Å². The molecule has 0 heterocycles. The molecule has 2 nitrogen and oxygen atoms in total. The third kappa shape index (κ3) is 2.47. The number of rotatable bonds is 2. The Bertz CT molecular complexity index is 274. The minimum atomic E-state index is -0.176. The molecule has 0 fully saturated rings. The molecular formula is C12H18O2. The first-order valence-electron chi connectivity index (χ1n) is 5.13. The summed E-state index contributed by atoms with van der Waals surface area (Å²) in [5, 5.41) is 0. The molecule has 0 saturated carbocycles. The van der Waals surface area contributed by atoms with E-state index in [1.165, 1.54) is 13.5 Å². The zero-order chi connectivity index (χ0) is 10.6. The Balaban J connectivity index is 2.98. The van der Waals surface area contributed by atoms with Crippen molar-refractivity contribution >= 4 is 5.97 Å². The maximum Gasteiger partial charge on any atom is 0.334 e. The van der Waals surface area contributed by atoms with Gasteiger partial charge in [-0.2, -0.15) is 0 Å². The van der Waals surface area contributed by atoms with E-state index in [2.05, 4.69) is 6.58 Å². The molecule has 2 heteroatoms. The van der Waals surface area contributed by atoms with E-state index < -0.39 is 0 Å². The van der Waals surface area contributed by atoms with Gasteiger partial charge in [0.1, 0.15) is 0 Å². The second kappa shape index (κ2) is 4.99. The van der Waals surface area contributed by atoms with E-state index in [0.29, 0.717) is 0 Å². The molecule has 1 aliphatic rings. The molecule has 0 N–H and O–H groups in total. The first kappa shape index (κ1) is 11.0. The smallest absolute Gasteiger partial charge is 0.334 e. The molecule has 0 aromatic rings. The average molecular weight is 194 g/mol. The van der Waals surface area contributed by atoms with Crippen LogP contribution < -0.4 is 0 Å². The molecule has 0 aliphatic heterocycles. The fourth-order valence-corrected chi connectivity index (χ4v) is 1.90. The molecule has 1 rings (SSSR count). The second-order valence-corrected chi connectivity index (χ2v) is 3.79. The lowest BCUT2D eigenvalue weighted by Crippen LogP contribution is -2.07. The van der Waals surface area contributed by atoms with Crippen LogP contribution in [0.25, 0.3) is 0 Å². The van der Waals surface area contributed by atoms with E-state index >= 15 is 0 Å². The number of esters is 1. The molecule has 0 amide bonds. The highest BCUT2D eigenvalue weighted by atomic mass is 16.5. The molecule has 0 radical (unpaired) electrons. The third-order valence-electron chi connectivity index (χ3n) is 2.66. The number of allylic oxidation sites excluding steroid dienone is 2. The maximum absolute atomic E-state index is 11.5. The van der Waals surface area contributed by atoms with Crippen LogP contribution in [0.1, 0.15) is 39.0 Å². The number of hydrogen-bond donors (Lipinski definition) is 0. The molecule has 1 aliphatic carbocycles. The van der Waals surface area contributed by atoms with Crippen molar-refractivity contribution in [2.45, 2.75) is 39.0 Å². The number of carbonyl (C=O) groups excluding carboxylic acids is 1. The van der Waals surface area contributed by atoms with Gasteiger partial charge < -0.3 is 4.74 Å². The van der Waals surface area contributed by atoms with E-state index in [-0.39, 0.29) is 5.97 Å². The fraction of sp³-hybridized carbons (Fsp3) is 0.583. The molecule has 14 heavy (non-hydrogen) atoms. The van der Waals surface area contributed by atoms with Gasteiger partial charge in [-0.05, 0) is 38.2 Å². The summed E-state index contributed by atoms with van der Waals surface area (Å²) in [6, 6.07) is 0. The van der Waals surface area contributed by atoms with Gasteiger partial charge in [0, 0.05) is 5.57 Å². The predicted molar refractivity (Wildman–Crippen MR) is 56.9 cm³/mol. The van der Waals surface area contributed by atoms with Crippen LogP contribution in [0.5, 0.6) is 0 Å². The van der Waals surface area contributed by atoms with Crippen LogP contribution in [-0.2, 0) is 9.53 Å². The van der Waals surface area contributed by atoms with Gasteiger partial charge in [0.2, 0.25) is 0 Å². The van der Waals surface area contributed by atoms with Crippen LogP contribution in [0.3, 0.4) is 0 Å².